The zero-order valence-electron chi connectivity index (χ0n) is 18.3. The lowest BCUT2D eigenvalue weighted by Crippen LogP contribution is -2.67. The molecule has 2 aromatic carbocycles. The maximum absolute atomic E-state index is 13.0. The Labute approximate surface area is 192 Å². The quantitative estimate of drug-likeness (QED) is 0.509. The molecule has 0 aliphatic carbocycles. The summed E-state index contributed by atoms with van der Waals surface area (Å²) in [5.74, 6) is -0.855. The molecule has 2 aliphatic heterocycles. The highest BCUT2D eigenvalue weighted by Crippen LogP contribution is 2.36. The Morgan fingerprint density at radius 1 is 1.09 bits per heavy atom. The van der Waals surface area contributed by atoms with Gasteiger partial charge >= 0.3 is 5.97 Å². The molecule has 1 amide bonds. The lowest BCUT2D eigenvalue weighted by molar-refractivity contribution is -0.342. The van der Waals surface area contributed by atoms with Gasteiger partial charge in [-0.25, -0.2) is 4.79 Å². The van der Waals surface area contributed by atoms with Crippen molar-refractivity contribution in [2.24, 2.45) is 0 Å². The monoisotopic (exact) mass is 453 g/mol. The van der Waals surface area contributed by atoms with Crippen molar-refractivity contribution in [1.82, 2.24) is 5.32 Å². The van der Waals surface area contributed by atoms with Crippen LogP contribution in [0.25, 0.3) is 0 Å². The number of benzene rings is 2. The van der Waals surface area contributed by atoms with Crippen LogP contribution >= 0.6 is 0 Å². The summed E-state index contributed by atoms with van der Waals surface area (Å²) in [6.45, 7) is 5.42. The Hall–Kier alpha value is -3.04. The number of fused-ring (bicyclic) bond motifs is 1. The molecule has 174 valence electrons. The number of nitrogens with one attached hydrogen (secondary N) is 1. The molecular formula is C25H27NO7. The van der Waals surface area contributed by atoms with E-state index in [9.17, 15) is 9.59 Å². The van der Waals surface area contributed by atoms with E-state index in [1.54, 1.807) is 30.3 Å². The highest BCUT2D eigenvalue weighted by atomic mass is 16.8. The van der Waals surface area contributed by atoms with Crippen LogP contribution in [0, 0.1) is 0 Å². The smallest absolute Gasteiger partial charge is 0.338 e. The number of ether oxygens (including phenoxy) is 5. The first-order valence-corrected chi connectivity index (χ1v) is 10.8. The average molecular weight is 453 g/mol. The van der Waals surface area contributed by atoms with E-state index in [-0.39, 0.29) is 19.1 Å². The van der Waals surface area contributed by atoms with Gasteiger partial charge in [-0.3, -0.25) is 4.79 Å². The molecule has 0 spiro atoms. The summed E-state index contributed by atoms with van der Waals surface area (Å²) < 4.78 is 29.9. The molecule has 0 bridgehead atoms. The van der Waals surface area contributed by atoms with Crippen LogP contribution in [-0.4, -0.2) is 55.7 Å². The van der Waals surface area contributed by atoms with Crippen LogP contribution in [0.15, 0.2) is 73.3 Å². The second-order valence-electron chi connectivity index (χ2n) is 7.80. The van der Waals surface area contributed by atoms with E-state index in [1.807, 2.05) is 36.4 Å². The molecule has 2 aliphatic rings. The summed E-state index contributed by atoms with van der Waals surface area (Å²) in [6.07, 6.45) is -2.13. The van der Waals surface area contributed by atoms with E-state index < -0.39 is 42.9 Å². The number of carbonyl (C=O) groups excluding carboxylic acids is 2. The van der Waals surface area contributed by atoms with Crippen molar-refractivity contribution in [3.05, 3.63) is 84.4 Å². The minimum Gasteiger partial charge on any atom is -0.453 e. The highest BCUT2D eigenvalue weighted by molar-refractivity contribution is 5.89. The SMILES string of the molecule is C=CCO[C@H]1OC2COC(c3ccccc3)O[C@@H]2[C@H](OC(=O)c2ccccc2)C1NC(C)=O. The summed E-state index contributed by atoms with van der Waals surface area (Å²) >= 11 is 0. The van der Waals surface area contributed by atoms with Gasteiger partial charge in [-0.05, 0) is 12.1 Å². The van der Waals surface area contributed by atoms with E-state index in [0.29, 0.717) is 5.56 Å². The van der Waals surface area contributed by atoms with Crippen LogP contribution in [-0.2, 0) is 28.5 Å². The van der Waals surface area contributed by atoms with Gasteiger partial charge in [-0.2, -0.15) is 0 Å². The molecule has 8 nitrogen and oxygen atoms in total. The van der Waals surface area contributed by atoms with Crippen LogP contribution in [0.3, 0.4) is 0 Å². The van der Waals surface area contributed by atoms with Crippen molar-refractivity contribution in [2.45, 2.75) is 43.9 Å². The summed E-state index contributed by atoms with van der Waals surface area (Å²) in [5, 5.41) is 2.81. The Morgan fingerprint density at radius 2 is 1.79 bits per heavy atom. The molecule has 4 rings (SSSR count). The molecule has 2 fully saturated rings. The Morgan fingerprint density at radius 3 is 2.45 bits per heavy atom. The Balaban J connectivity index is 1.64. The van der Waals surface area contributed by atoms with E-state index in [4.69, 9.17) is 23.7 Å². The van der Waals surface area contributed by atoms with Crippen molar-refractivity contribution in [3.63, 3.8) is 0 Å². The fourth-order valence-corrected chi connectivity index (χ4v) is 3.95. The summed E-state index contributed by atoms with van der Waals surface area (Å²) in [6, 6.07) is 17.3. The number of rotatable bonds is 7. The van der Waals surface area contributed by atoms with Gasteiger partial charge in [-0.15, -0.1) is 6.58 Å². The number of carbonyl (C=O) groups is 2. The molecule has 6 atom stereocenters. The average Bonchev–Trinajstić information content (AvgIpc) is 2.84. The highest BCUT2D eigenvalue weighted by Gasteiger charge is 2.52. The maximum Gasteiger partial charge on any atom is 0.338 e. The van der Waals surface area contributed by atoms with E-state index in [1.165, 1.54) is 6.92 Å². The molecule has 3 unspecified atom stereocenters. The maximum atomic E-state index is 13.0. The van der Waals surface area contributed by atoms with E-state index >= 15 is 0 Å². The molecule has 0 aromatic heterocycles. The van der Waals surface area contributed by atoms with E-state index in [0.717, 1.165) is 5.56 Å². The first-order chi connectivity index (χ1) is 16.1. The lowest BCUT2D eigenvalue weighted by atomic mass is 9.95. The molecule has 33 heavy (non-hydrogen) atoms. The van der Waals surface area contributed by atoms with Crippen molar-refractivity contribution in [1.29, 1.82) is 0 Å². The second-order valence-corrected chi connectivity index (χ2v) is 7.80. The first kappa shape index (κ1) is 23.1. The summed E-state index contributed by atoms with van der Waals surface area (Å²) in [7, 11) is 0. The van der Waals surface area contributed by atoms with Crippen LogP contribution in [0.4, 0.5) is 0 Å². The fourth-order valence-electron chi connectivity index (χ4n) is 3.95. The first-order valence-electron chi connectivity index (χ1n) is 10.8. The molecule has 0 saturated carbocycles. The second kappa shape index (κ2) is 10.7. The molecule has 2 saturated heterocycles. The van der Waals surface area contributed by atoms with Gasteiger partial charge in [0.25, 0.3) is 0 Å². The Bertz CT molecular complexity index is 952. The van der Waals surface area contributed by atoms with Gasteiger partial charge in [0.1, 0.15) is 18.2 Å². The van der Waals surface area contributed by atoms with Crippen LogP contribution in [0.1, 0.15) is 29.1 Å². The Kier molecular flexibility index (Phi) is 7.51. The number of esters is 1. The number of amides is 1. The van der Waals surface area contributed by atoms with Gasteiger partial charge in [0.2, 0.25) is 5.91 Å². The molecule has 0 radical (unpaired) electrons. The lowest BCUT2D eigenvalue weighted by Gasteiger charge is -2.48. The van der Waals surface area contributed by atoms with Gasteiger partial charge in [-0.1, -0.05) is 54.6 Å². The van der Waals surface area contributed by atoms with Crippen molar-refractivity contribution in [3.8, 4) is 0 Å². The molecular weight excluding hydrogens is 426 g/mol. The van der Waals surface area contributed by atoms with Crippen molar-refractivity contribution < 1.29 is 33.3 Å². The predicted octanol–water partition coefficient (Wildman–Crippen LogP) is 2.76. The number of hydrogen-bond acceptors (Lipinski definition) is 7. The van der Waals surface area contributed by atoms with Gasteiger partial charge in [0.15, 0.2) is 18.7 Å². The molecule has 2 aromatic rings. The zero-order chi connectivity index (χ0) is 23.2. The minimum atomic E-state index is -0.887. The third kappa shape index (κ3) is 5.48. The summed E-state index contributed by atoms with van der Waals surface area (Å²) in [5.41, 5.74) is 1.21. The molecule has 1 N–H and O–H groups in total. The van der Waals surface area contributed by atoms with Crippen LogP contribution in [0.5, 0.6) is 0 Å². The van der Waals surface area contributed by atoms with Crippen LogP contribution < -0.4 is 5.32 Å². The largest absolute Gasteiger partial charge is 0.453 e. The zero-order valence-corrected chi connectivity index (χ0v) is 18.3. The van der Waals surface area contributed by atoms with Crippen LogP contribution in [0.2, 0.25) is 0 Å². The summed E-state index contributed by atoms with van der Waals surface area (Å²) in [4.78, 5) is 25.0. The minimum absolute atomic E-state index is 0.186. The topological polar surface area (TPSA) is 92.3 Å². The fraction of sp³-hybridized carbons (Fsp3) is 0.360. The molecule has 8 heteroatoms. The molecule has 2 heterocycles. The standard InChI is InChI=1S/C25H27NO7/c1-3-14-29-25-20(26-16(2)27)22(32-23(28)17-10-6-4-7-11-17)21-19(31-25)15-30-24(33-21)18-12-8-5-9-13-18/h3-13,19-22,24-25H,1,14-15H2,2H3,(H,26,27)/t19?,20?,21-,22+,24?,25-/m0/s1. The van der Waals surface area contributed by atoms with Gasteiger partial charge < -0.3 is 29.0 Å². The van der Waals surface area contributed by atoms with Crippen molar-refractivity contribution >= 4 is 11.9 Å². The third-order valence-corrected chi connectivity index (χ3v) is 5.41. The normalized spacial score (nSPS) is 28.9. The third-order valence-electron chi connectivity index (χ3n) is 5.41. The predicted molar refractivity (Wildman–Crippen MR) is 118 cm³/mol. The van der Waals surface area contributed by atoms with Gasteiger partial charge in [0, 0.05) is 12.5 Å². The van der Waals surface area contributed by atoms with E-state index in [2.05, 4.69) is 11.9 Å². The van der Waals surface area contributed by atoms with Gasteiger partial charge in [0.05, 0.1) is 18.8 Å². The number of hydrogen-bond donors (Lipinski definition) is 1. The van der Waals surface area contributed by atoms with Crippen molar-refractivity contribution in [2.75, 3.05) is 13.2 Å².